The number of aliphatic hydroxyl groups excluding tert-OH is 1. The molecule has 1 heterocycles. The van der Waals surface area contributed by atoms with Gasteiger partial charge >= 0.3 is 0 Å². The molecule has 1 N–H and O–H groups in total. The Bertz CT molecular complexity index is 238. The van der Waals surface area contributed by atoms with Crippen LogP contribution in [0.25, 0.3) is 0 Å². The molecule has 2 heteroatoms. The maximum absolute atomic E-state index is 9.26. The molecule has 0 saturated carbocycles. The molecule has 0 fully saturated rings. The van der Waals surface area contributed by atoms with Gasteiger partial charge in [-0.15, -0.1) is 0 Å². The van der Waals surface area contributed by atoms with E-state index in [9.17, 15) is 5.11 Å². The molecule has 0 amide bonds. The summed E-state index contributed by atoms with van der Waals surface area (Å²) in [5.74, 6) is 0.652. The lowest BCUT2D eigenvalue weighted by atomic mass is 10.2. The van der Waals surface area contributed by atoms with Crippen molar-refractivity contribution in [1.29, 1.82) is 0 Å². The molecule has 2 nitrogen and oxygen atoms in total. The second-order valence-electron chi connectivity index (χ2n) is 3.71. The van der Waals surface area contributed by atoms with Crippen LogP contribution in [0.1, 0.15) is 32.4 Å². The third-order valence-corrected chi connectivity index (χ3v) is 1.83. The van der Waals surface area contributed by atoms with E-state index in [0.29, 0.717) is 5.92 Å². The molecule has 0 saturated heterocycles. The molecule has 1 rings (SSSR count). The Morgan fingerprint density at radius 1 is 1.42 bits per heavy atom. The van der Waals surface area contributed by atoms with Gasteiger partial charge in [-0.1, -0.05) is 13.8 Å². The minimum atomic E-state index is -0.349. The third kappa shape index (κ3) is 2.38. The third-order valence-electron chi connectivity index (χ3n) is 1.83. The van der Waals surface area contributed by atoms with Crippen molar-refractivity contribution < 1.29 is 5.11 Å². The minimum Gasteiger partial charge on any atom is -0.389 e. The summed E-state index contributed by atoms with van der Waals surface area (Å²) in [5.41, 5.74) is 0.996. The highest BCUT2D eigenvalue weighted by atomic mass is 16.3. The van der Waals surface area contributed by atoms with Gasteiger partial charge in [-0.25, -0.2) is 0 Å². The van der Waals surface area contributed by atoms with Gasteiger partial charge in [0.25, 0.3) is 0 Å². The minimum absolute atomic E-state index is 0.349. The highest BCUT2D eigenvalue weighted by molar-refractivity contribution is 5.12. The quantitative estimate of drug-likeness (QED) is 0.733. The van der Waals surface area contributed by atoms with Crippen molar-refractivity contribution in [2.24, 2.45) is 5.92 Å². The number of nitrogens with zero attached hydrogens (tertiary/aromatic N) is 1. The number of hydrogen-bond acceptors (Lipinski definition) is 1. The SMILES string of the molecule is CC(C)Cn1ccc(C(C)O)c1. The first-order valence-corrected chi connectivity index (χ1v) is 4.43. The van der Waals surface area contributed by atoms with Gasteiger partial charge in [-0.2, -0.15) is 0 Å². The second-order valence-corrected chi connectivity index (χ2v) is 3.71. The molecule has 0 bridgehead atoms. The first-order valence-electron chi connectivity index (χ1n) is 4.43. The molecular weight excluding hydrogens is 150 g/mol. The molecule has 1 aromatic heterocycles. The molecule has 0 aliphatic rings. The molecule has 1 aromatic rings. The summed E-state index contributed by atoms with van der Waals surface area (Å²) in [7, 11) is 0. The lowest BCUT2D eigenvalue weighted by Gasteiger charge is -2.05. The van der Waals surface area contributed by atoms with Gasteiger partial charge < -0.3 is 9.67 Å². The first kappa shape index (κ1) is 9.33. The molecule has 0 aliphatic carbocycles. The van der Waals surface area contributed by atoms with Gasteiger partial charge in [-0.3, -0.25) is 0 Å². The van der Waals surface area contributed by atoms with Crippen molar-refractivity contribution in [3.63, 3.8) is 0 Å². The number of hydrogen-bond donors (Lipinski definition) is 1. The Morgan fingerprint density at radius 2 is 2.08 bits per heavy atom. The summed E-state index contributed by atoms with van der Waals surface area (Å²) in [5, 5.41) is 9.26. The Morgan fingerprint density at radius 3 is 2.50 bits per heavy atom. The second kappa shape index (κ2) is 3.76. The first-order chi connectivity index (χ1) is 5.59. The average Bonchev–Trinajstić information content (AvgIpc) is 2.34. The van der Waals surface area contributed by atoms with E-state index in [1.54, 1.807) is 6.92 Å². The summed E-state index contributed by atoms with van der Waals surface area (Å²) in [6.45, 7) is 7.17. The molecular formula is C10H17NO. The van der Waals surface area contributed by atoms with E-state index >= 15 is 0 Å². The molecule has 12 heavy (non-hydrogen) atoms. The van der Waals surface area contributed by atoms with Crippen molar-refractivity contribution in [3.05, 3.63) is 24.0 Å². The topological polar surface area (TPSA) is 25.2 Å². The standard InChI is InChI=1S/C10H17NO/c1-8(2)6-11-5-4-10(7-11)9(3)12/h4-5,7-9,12H,6H2,1-3H3. The van der Waals surface area contributed by atoms with Crippen molar-refractivity contribution in [2.75, 3.05) is 0 Å². The van der Waals surface area contributed by atoms with Crippen LogP contribution in [0.5, 0.6) is 0 Å². The Hall–Kier alpha value is -0.760. The van der Waals surface area contributed by atoms with Crippen LogP contribution < -0.4 is 0 Å². The molecule has 0 radical (unpaired) electrons. The van der Waals surface area contributed by atoms with E-state index in [1.165, 1.54) is 0 Å². The molecule has 1 unspecified atom stereocenters. The zero-order chi connectivity index (χ0) is 9.14. The predicted octanol–water partition coefficient (Wildman–Crippen LogP) is 2.20. The zero-order valence-corrected chi connectivity index (χ0v) is 7.99. The fraction of sp³-hybridized carbons (Fsp3) is 0.600. The summed E-state index contributed by atoms with van der Waals surface area (Å²) < 4.78 is 2.12. The lowest BCUT2D eigenvalue weighted by molar-refractivity contribution is 0.199. The van der Waals surface area contributed by atoms with Gasteiger partial charge in [-0.05, 0) is 24.5 Å². The summed E-state index contributed by atoms with van der Waals surface area (Å²) in [6.07, 6.45) is 3.67. The number of aromatic nitrogens is 1. The smallest absolute Gasteiger partial charge is 0.0776 e. The van der Waals surface area contributed by atoms with Crippen LogP contribution in [-0.2, 0) is 6.54 Å². The van der Waals surface area contributed by atoms with E-state index in [0.717, 1.165) is 12.1 Å². The predicted molar refractivity (Wildman–Crippen MR) is 49.9 cm³/mol. The number of aliphatic hydroxyl groups is 1. The van der Waals surface area contributed by atoms with Gasteiger partial charge in [0.15, 0.2) is 0 Å². The fourth-order valence-corrected chi connectivity index (χ4v) is 1.24. The van der Waals surface area contributed by atoms with Crippen LogP contribution in [0.15, 0.2) is 18.5 Å². The van der Waals surface area contributed by atoms with Crippen molar-refractivity contribution >= 4 is 0 Å². The van der Waals surface area contributed by atoms with Crippen molar-refractivity contribution in [2.45, 2.75) is 33.4 Å². The molecule has 0 aromatic carbocycles. The van der Waals surface area contributed by atoms with E-state index in [2.05, 4.69) is 18.4 Å². The fourth-order valence-electron chi connectivity index (χ4n) is 1.24. The molecule has 0 spiro atoms. The molecule has 0 aliphatic heterocycles. The van der Waals surface area contributed by atoms with Crippen LogP contribution in [0.3, 0.4) is 0 Å². The normalized spacial score (nSPS) is 13.8. The Labute approximate surface area is 73.8 Å². The highest BCUT2D eigenvalue weighted by Crippen LogP contribution is 2.12. The molecule has 68 valence electrons. The Balaban J connectivity index is 2.64. The van der Waals surface area contributed by atoms with Crippen LogP contribution in [-0.4, -0.2) is 9.67 Å². The van der Waals surface area contributed by atoms with Crippen molar-refractivity contribution in [1.82, 2.24) is 4.57 Å². The highest BCUT2D eigenvalue weighted by Gasteiger charge is 2.02. The van der Waals surface area contributed by atoms with Gasteiger partial charge in [0, 0.05) is 18.9 Å². The maximum atomic E-state index is 9.26. The molecule has 1 atom stereocenters. The van der Waals surface area contributed by atoms with E-state index < -0.39 is 0 Å². The largest absolute Gasteiger partial charge is 0.389 e. The summed E-state index contributed by atoms with van der Waals surface area (Å²) in [6, 6.07) is 1.97. The van der Waals surface area contributed by atoms with Crippen LogP contribution in [0, 0.1) is 5.92 Å². The number of rotatable bonds is 3. The van der Waals surface area contributed by atoms with Gasteiger partial charge in [0.2, 0.25) is 0 Å². The lowest BCUT2D eigenvalue weighted by Crippen LogP contribution is -2.01. The van der Waals surface area contributed by atoms with E-state index in [4.69, 9.17) is 0 Å². The Kier molecular flexibility index (Phi) is 2.93. The van der Waals surface area contributed by atoms with E-state index in [-0.39, 0.29) is 6.10 Å². The zero-order valence-electron chi connectivity index (χ0n) is 7.99. The van der Waals surface area contributed by atoms with Crippen LogP contribution in [0.4, 0.5) is 0 Å². The van der Waals surface area contributed by atoms with Crippen LogP contribution in [0.2, 0.25) is 0 Å². The van der Waals surface area contributed by atoms with Crippen molar-refractivity contribution in [3.8, 4) is 0 Å². The van der Waals surface area contributed by atoms with E-state index in [1.807, 2.05) is 18.5 Å². The monoisotopic (exact) mass is 167 g/mol. The van der Waals surface area contributed by atoms with Gasteiger partial charge in [0.1, 0.15) is 0 Å². The maximum Gasteiger partial charge on any atom is 0.0776 e. The summed E-state index contributed by atoms with van der Waals surface area (Å²) >= 11 is 0. The van der Waals surface area contributed by atoms with Crippen LogP contribution >= 0.6 is 0 Å². The average molecular weight is 167 g/mol. The van der Waals surface area contributed by atoms with Gasteiger partial charge in [0.05, 0.1) is 6.10 Å². The summed E-state index contributed by atoms with van der Waals surface area (Å²) in [4.78, 5) is 0.